The zero-order valence-electron chi connectivity index (χ0n) is 15.8. The van der Waals surface area contributed by atoms with E-state index < -0.39 is 0 Å². The Morgan fingerprint density at radius 2 is 1.78 bits per heavy atom. The van der Waals surface area contributed by atoms with E-state index in [1.165, 1.54) is 6.08 Å². The minimum atomic E-state index is -0.313. The van der Waals surface area contributed by atoms with Gasteiger partial charge in [0.05, 0.1) is 5.70 Å². The Morgan fingerprint density at radius 1 is 1.04 bits per heavy atom. The summed E-state index contributed by atoms with van der Waals surface area (Å²) in [4.78, 5) is 31.3. The van der Waals surface area contributed by atoms with Gasteiger partial charge in [-0.1, -0.05) is 31.0 Å². The number of hydrogen-bond donors (Lipinski definition) is 1. The highest BCUT2D eigenvalue weighted by molar-refractivity contribution is 6.22. The van der Waals surface area contributed by atoms with Crippen molar-refractivity contribution >= 4 is 11.6 Å². The molecule has 0 saturated carbocycles. The second-order valence-corrected chi connectivity index (χ2v) is 6.96. The average Bonchev–Trinajstić information content (AvgIpc) is 3.11. The van der Waals surface area contributed by atoms with Crippen molar-refractivity contribution < 1.29 is 14.0 Å². The number of benzene rings is 1. The molecule has 142 valence electrons. The molecule has 6 nitrogen and oxygen atoms in total. The highest BCUT2D eigenvalue weighted by Crippen LogP contribution is 2.26. The summed E-state index contributed by atoms with van der Waals surface area (Å²) in [5, 5.41) is 3.08. The first kappa shape index (κ1) is 19.0. The molecule has 0 atom stereocenters. The molecule has 0 spiro atoms. The average molecular weight is 367 g/mol. The van der Waals surface area contributed by atoms with Crippen LogP contribution in [0.25, 0.3) is 11.5 Å². The van der Waals surface area contributed by atoms with Gasteiger partial charge < -0.3 is 14.6 Å². The number of hydrogen-bond acceptors (Lipinski definition) is 6. The van der Waals surface area contributed by atoms with E-state index in [1.54, 1.807) is 0 Å². The third-order valence-electron chi connectivity index (χ3n) is 4.46. The molecule has 1 N–H and O–H groups in total. The molecule has 1 aliphatic carbocycles. The Bertz CT molecular complexity index is 838. The number of ketones is 2. The van der Waals surface area contributed by atoms with Crippen LogP contribution in [0.1, 0.15) is 46.7 Å². The van der Waals surface area contributed by atoms with Gasteiger partial charge in [-0.25, -0.2) is 4.98 Å². The predicted octanol–water partition coefficient (Wildman–Crippen LogP) is 3.32. The smallest absolute Gasteiger partial charge is 0.246 e. The van der Waals surface area contributed by atoms with Crippen LogP contribution in [0.2, 0.25) is 0 Å². The van der Waals surface area contributed by atoms with E-state index >= 15 is 0 Å². The number of fused-ring (bicyclic) bond motifs is 1. The summed E-state index contributed by atoms with van der Waals surface area (Å²) in [6.07, 6.45) is 5.68. The summed E-state index contributed by atoms with van der Waals surface area (Å²) in [5.74, 6) is -0.302. The molecule has 0 fully saturated rings. The molecule has 6 heteroatoms. The van der Waals surface area contributed by atoms with Gasteiger partial charge >= 0.3 is 0 Å². The van der Waals surface area contributed by atoms with Crippen LogP contribution in [-0.4, -0.2) is 48.6 Å². The fourth-order valence-electron chi connectivity index (χ4n) is 2.99. The van der Waals surface area contributed by atoms with Gasteiger partial charge in [-0.3, -0.25) is 9.59 Å². The van der Waals surface area contributed by atoms with Crippen molar-refractivity contribution in [3.05, 3.63) is 53.6 Å². The van der Waals surface area contributed by atoms with Crippen LogP contribution in [-0.2, 0) is 0 Å². The monoisotopic (exact) mass is 367 g/mol. The predicted molar refractivity (Wildman–Crippen MR) is 104 cm³/mol. The Balaban J connectivity index is 1.57. The van der Waals surface area contributed by atoms with E-state index in [-0.39, 0.29) is 34.6 Å². The maximum Gasteiger partial charge on any atom is 0.246 e. The summed E-state index contributed by atoms with van der Waals surface area (Å²) in [5.41, 5.74) is 1.12. The van der Waals surface area contributed by atoms with Gasteiger partial charge in [0.2, 0.25) is 23.2 Å². The molecule has 3 rings (SSSR count). The molecule has 0 bridgehead atoms. The quantitative estimate of drug-likeness (QED) is 0.685. The molecule has 0 aliphatic heterocycles. The summed E-state index contributed by atoms with van der Waals surface area (Å²) in [7, 11) is 4.14. The number of oxazole rings is 1. The topological polar surface area (TPSA) is 75.4 Å². The summed E-state index contributed by atoms with van der Waals surface area (Å²) < 4.78 is 5.62. The number of unbranched alkanes of at least 4 members (excludes halogenated alkanes) is 3. The molecule has 0 radical (unpaired) electrons. The van der Waals surface area contributed by atoms with Crippen molar-refractivity contribution in [1.82, 2.24) is 15.2 Å². The first-order valence-electron chi connectivity index (χ1n) is 9.32. The first-order chi connectivity index (χ1) is 13.1. The van der Waals surface area contributed by atoms with Gasteiger partial charge in [0.15, 0.2) is 5.69 Å². The van der Waals surface area contributed by atoms with E-state index in [9.17, 15) is 9.59 Å². The standard InChI is InChI=1S/C21H25N3O3/c1-24(2)13-9-4-3-8-12-22-16-14-17(25)18-20(19(16)26)27-21(23-18)15-10-6-5-7-11-15/h5-7,10-11,14,22H,3-4,8-9,12-13H2,1-2H3. The van der Waals surface area contributed by atoms with Crippen LogP contribution in [0.4, 0.5) is 0 Å². The zero-order chi connectivity index (χ0) is 19.2. The van der Waals surface area contributed by atoms with Gasteiger partial charge in [-0.2, -0.15) is 0 Å². The number of nitrogens with one attached hydrogen (secondary N) is 1. The number of rotatable bonds is 9. The lowest BCUT2D eigenvalue weighted by molar-refractivity contribution is 0.0956. The van der Waals surface area contributed by atoms with Gasteiger partial charge in [-0.15, -0.1) is 0 Å². The van der Waals surface area contributed by atoms with Crippen molar-refractivity contribution in [3.8, 4) is 11.5 Å². The SMILES string of the molecule is CN(C)CCCCCCNC1=CC(=O)c2nc(-c3ccccc3)oc2C1=O. The lowest BCUT2D eigenvalue weighted by Crippen LogP contribution is -2.27. The summed E-state index contributed by atoms with van der Waals surface area (Å²) >= 11 is 0. The molecule has 27 heavy (non-hydrogen) atoms. The van der Waals surface area contributed by atoms with Crippen molar-refractivity contribution in [2.24, 2.45) is 0 Å². The van der Waals surface area contributed by atoms with Crippen LogP contribution in [0, 0.1) is 0 Å². The molecular weight excluding hydrogens is 342 g/mol. The maximum absolute atomic E-state index is 12.6. The molecule has 1 heterocycles. The molecule has 1 aliphatic rings. The van der Waals surface area contributed by atoms with E-state index in [0.717, 1.165) is 37.8 Å². The van der Waals surface area contributed by atoms with Gasteiger partial charge in [-0.05, 0) is 45.6 Å². The fourth-order valence-corrected chi connectivity index (χ4v) is 2.99. The van der Waals surface area contributed by atoms with Crippen LogP contribution in [0.5, 0.6) is 0 Å². The van der Waals surface area contributed by atoms with Crippen molar-refractivity contribution in [2.75, 3.05) is 27.2 Å². The molecular formula is C21H25N3O3. The molecule has 1 aromatic heterocycles. The minimum absolute atomic E-state index is 0.0230. The molecule has 0 amide bonds. The summed E-state index contributed by atoms with van der Waals surface area (Å²) in [6.45, 7) is 1.74. The molecule has 2 aromatic rings. The molecule has 0 saturated heterocycles. The number of nitrogens with zero attached hydrogens (tertiary/aromatic N) is 2. The Hall–Kier alpha value is -2.73. The first-order valence-corrected chi connectivity index (χ1v) is 9.32. The molecule has 0 unspecified atom stereocenters. The fraction of sp³-hybridized carbons (Fsp3) is 0.381. The highest BCUT2D eigenvalue weighted by atomic mass is 16.4. The largest absolute Gasteiger partial charge is 0.432 e. The lowest BCUT2D eigenvalue weighted by Gasteiger charge is -2.12. The maximum atomic E-state index is 12.6. The van der Waals surface area contributed by atoms with Gasteiger partial charge in [0.25, 0.3) is 0 Å². The third kappa shape index (κ3) is 4.71. The normalized spacial score (nSPS) is 13.7. The number of carbonyl (C=O) groups excluding carboxylic acids is 2. The van der Waals surface area contributed by atoms with E-state index in [1.807, 2.05) is 30.3 Å². The van der Waals surface area contributed by atoms with Crippen molar-refractivity contribution in [2.45, 2.75) is 25.7 Å². The minimum Gasteiger partial charge on any atom is -0.432 e. The third-order valence-corrected chi connectivity index (χ3v) is 4.46. The van der Waals surface area contributed by atoms with E-state index in [0.29, 0.717) is 6.54 Å². The van der Waals surface area contributed by atoms with E-state index in [4.69, 9.17) is 4.42 Å². The van der Waals surface area contributed by atoms with Crippen LogP contribution >= 0.6 is 0 Å². The number of Topliss-reactive ketones (excluding diaryl/α,β-unsaturated/α-hetero) is 1. The Labute approximate surface area is 159 Å². The van der Waals surface area contributed by atoms with Crippen LogP contribution in [0.15, 0.2) is 46.5 Å². The Morgan fingerprint density at radius 3 is 2.52 bits per heavy atom. The second kappa shape index (κ2) is 8.77. The molecule has 1 aromatic carbocycles. The van der Waals surface area contributed by atoms with Crippen molar-refractivity contribution in [1.29, 1.82) is 0 Å². The Kier molecular flexibility index (Phi) is 6.19. The number of carbonyl (C=O) groups is 2. The zero-order valence-corrected chi connectivity index (χ0v) is 15.8. The number of aromatic nitrogens is 1. The van der Waals surface area contributed by atoms with Gasteiger partial charge in [0.1, 0.15) is 0 Å². The van der Waals surface area contributed by atoms with Gasteiger partial charge in [0, 0.05) is 18.2 Å². The summed E-state index contributed by atoms with van der Waals surface area (Å²) in [6, 6.07) is 9.24. The highest BCUT2D eigenvalue weighted by Gasteiger charge is 2.32. The van der Waals surface area contributed by atoms with Crippen LogP contribution < -0.4 is 5.32 Å². The van der Waals surface area contributed by atoms with Crippen molar-refractivity contribution in [3.63, 3.8) is 0 Å². The second-order valence-electron chi connectivity index (χ2n) is 6.96. The van der Waals surface area contributed by atoms with Crippen LogP contribution in [0.3, 0.4) is 0 Å². The lowest BCUT2D eigenvalue weighted by atomic mass is 10.0. The number of allylic oxidation sites excluding steroid dienone is 2. The van der Waals surface area contributed by atoms with E-state index in [2.05, 4.69) is 29.3 Å².